The van der Waals surface area contributed by atoms with Crippen LogP contribution in [0.2, 0.25) is 0 Å². The second-order valence-corrected chi connectivity index (χ2v) is 8.37. The lowest BCUT2D eigenvalue weighted by molar-refractivity contribution is 0.0807. The van der Waals surface area contributed by atoms with E-state index in [0.29, 0.717) is 18.6 Å². The molecule has 1 aromatic heterocycles. The highest BCUT2D eigenvalue weighted by molar-refractivity contribution is 7.90. The molecule has 3 rings (SSSR count). The molecule has 1 aliphatic rings. The molecule has 1 aromatic carbocycles. The Labute approximate surface area is 146 Å². The number of hydrogen-bond donors (Lipinski definition) is 2. The van der Waals surface area contributed by atoms with Gasteiger partial charge in [-0.25, -0.2) is 8.42 Å². The summed E-state index contributed by atoms with van der Waals surface area (Å²) in [6.07, 6.45) is 3.17. The van der Waals surface area contributed by atoms with Crippen LogP contribution in [-0.2, 0) is 14.6 Å². The molecular weight excluding hydrogens is 342 g/mol. The van der Waals surface area contributed by atoms with Crippen LogP contribution < -0.4 is 5.32 Å². The summed E-state index contributed by atoms with van der Waals surface area (Å²) in [7, 11) is -3.39. The van der Waals surface area contributed by atoms with Crippen LogP contribution in [0.5, 0.6) is 0 Å². The van der Waals surface area contributed by atoms with Crippen molar-refractivity contribution in [1.82, 2.24) is 15.5 Å². The van der Waals surface area contributed by atoms with Crippen molar-refractivity contribution in [1.29, 1.82) is 0 Å². The third kappa shape index (κ3) is 3.59. The van der Waals surface area contributed by atoms with Crippen molar-refractivity contribution in [2.75, 3.05) is 12.9 Å². The van der Waals surface area contributed by atoms with Gasteiger partial charge in [0, 0.05) is 24.6 Å². The molecular formula is C17H21N3O4S. The van der Waals surface area contributed by atoms with Gasteiger partial charge in [0.1, 0.15) is 6.10 Å². The molecule has 0 bridgehead atoms. The quantitative estimate of drug-likeness (QED) is 0.861. The lowest BCUT2D eigenvalue weighted by Gasteiger charge is -2.20. The van der Waals surface area contributed by atoms with Crippen LogP contribution in [0.15, 0.2) is 29.3 Å². The van der Waals surface area contributed by atoms with Crippen LogP contribution in [0.25, 0.3) is 0 Å². The Hall–Kier alpha value is -2.19. The van der Waals surface area contributed by atoms with E-state index in [9.17, 15) is 13.2 Å². The van der Waals surface area contributed by atoms with Gasteiger partial charge in [-0.1, -0.05) is 0 Å². The molecule has 25 heavy (non-hydrogen) atoms. The first-order valence-electron chi connectivity index (χ1n) is 8.00. The topological polar surface area (TPSA) is 101 Å². The van der Waals surface area contributed by atoms with Crippen LogP contribution in [0.1, 0.15) is 39.7 Å². The number of aromatic nitrogens is 2. The van der Waals surface area contributed by atoms with Gasteiger partial charge in [0.25, 0.3) is 5.91 Å². The largest absolute Gasteiger partial charge is 0.370 e. The number of nitrogens with one attached hydrogen (secondary N) is 2. The predicted molar refractivity (Wildman–Crippen MR) is 92.2 cm³/mol. The van der Waals surface area contributed by atoms with Crippen LogP contribution in [0.4, 0.5) is 0 Å². The van der Waals surface area contributed by atoms with Crippen LogP contribution >= 0.6 is 0 Å². The Kier molecular flexibility index (Phi) is 4.66. The summed E-state index contributed by atoms with van der Waals surface area (Å²) < 4.78 is 29.4. The summed E-state index contributed by atoms with van der Waals surface area (Å²) in [4.78, 5) is 12.9. The molecule has 1 amide bonds. The first kappa shape index (κ1) is 17.6. The highest BCUT2D eigenvalue weighted by Crippen LogP contribution is 2.28. The normalized spacial score (nSPS) is 20.6. The lowest BCUT2D eigenvalue weighted by atomic mass is 10.0. The smallest absolute Gasteiger partial charge is 0.251 e. The number of carbonyl (C=O) groups excluding carboxylic acids is 1. The van der Waals surface area contributed by atoms with E-state index >= 15 is 0 Å². The zero-order valence-corrected chi connectivity index (χ0v) is 15.2. The minimum atomic E-state index is -3.39. The van der Waals surface area contributed by atoms with Gasteiger partial charge in [0.15, 0.2) is 9.84 Å². The minimum Gasteiger partial charge on any atom is -0.370 e. The van der Waals surface area contributed by atoms with E-state index in [-0.39, 0.29) is 22.9 Å². The lowest BCUT2D eigenvalue weighted by Crippen LogP contribution is -2.37. The fraction of sp³-hybridized carbons (Fsp3) is 0.412. The number of aromatic amines is 1. The van der Waals surface area contributed by atoms with Gasteiger partial charge in [-0.15, -0.1) is 0 Å². The Morgan fingerprint density at radius 2 is 2.12 bits per heavy atom. The number of amides is 1. The minimum absolute atomic E-state index is 0.147. The summed E-state index contributed by atoms with van der Waals surface area (Å²) in [6.45, 7) is 4.15. The zero-order chi connectivity index (χ0) is 18.2. The summed E-state index contributed by atoms with van der Waals surface area (Å²) in [5.41, 5.74) is 2.71. The van der Waals surface area contributed by atoms with Gasteiger partial charge in [0.05, 0.1) is 16.6 Å². The molecule has 0 saturated carbocycles. The molecule has 2 aromatic rings. The molecule has 1 saturated heterocycles. The SMILES string of the molecule is Cc1cc(S(C)(=O)=O)cc(C(=O)N[C@H]2CCO[C@@H]2c2ccn[nH]2)c1C. The number of rotatable bonds is 4. The fourth-order valence-corrected chi connectivity index (χ4v) is 3.71. The van der Waals surface area contributed by atoms with Crippen LogP contribution in [0.3, 0.4) is 0 Å². The van der Waals surface area contributed by atoms with Crippen molar-refractivity contribution in [3.8, 4) is 0 Å². The number of aryl methyl sites for hydroxylation is 1. The van der Waals surface area contributed by atoms with E-state index in [4.69, 9.17) is 4.74 Å². The first-order chi connectivity index (χ1) is 11.8. The van der Waals surface area contributed by atoms with E-state index in [0.717, 1.165) is 23.1 Å². The van der Waals surface area contributed by atoms with Crippen molar-refractivity contribution < 1.29 is 17.9 Å². The molecule has 0 unspecified atom stereocenters. The van der Waals surface area contributed by atoms with Crippen LogP contribution in [0, 0.1) is 13.8 Å². The summed E-state index contributed by atoms with van der Waals surface area (Å²) in [5, 5.41) is 9.76. The van der Waals surface area contributed by atoms with E-state index in [1.165, 1.54) is 6.07 Å². The highest BCUT2D eigenvalue weighted by atomic mass is 32.2. The fourth-order valence-electron chi connectivity index (χ4n) is 2.99. The van der Waals surface area contributed by atoms with Crippen molar-refractivity contribution in [3.05, 3.63) is 46.8 Å². The van der Waals surface area contributed by atoms with Gasteiger partial charge < -0.3 is 10.1 Å². The highest BCUT2D eigenvalue weighted by Gasteiger charge is 2.32. The number of benzene rings is 1. The second kappa shape index (κ2) is 6.61. The van der Waals surface area contributed by atoms with Gasteiger partial charge in [-0.05, 0) is 49.6 Å². The first-order valence-corrected chi connectivity index (χ1v) is 9.89. The number of ether oxygens (including phenoxy) is 1. The second-order valence-electron chi connectivity index (χ2n) is 6.36. The molecule has 134 valence electrons. The molecule has 1 aliphatic heterocycles. The zero-order valence-electron chi connectivity index (χ0n) is 14.4. The Bertz CT molecular complexity index is 891. The maximum absolute atomic E-state index is 12.8. The summed E-state index contributed by atoms with van der Waals surface area (Å²) in [6, 6.07) is 4.64. The molecule has 0 spiro atoms. The molecule has 0 radical (unpaired) electrons. The average molecular weight is 363 g/mol. The Morgan fingerprint density at radius 1 is 1.36 bits per heavy atom. The average Bonchev–Trinajstić information content (AvgIpc) is 3.19. The molecule has 0 aliphatic carbocycles. The van der Waals surface area contributed by atoms with Crippen LogP contribution in [-0.4, -0.2) is 43.4 Å². The van der Waals surface area contributed by atoms with E-state index < -0.39 is 9.84 Å². The number of carbonyl (C=O) groups is 1. The number of nitrogens with zero attached hydrogens (tertiary/aromatic N) is 1. The maximum Gasteiger partial charge on any atom is 0.251 e. The van der Waals surface area contributed by atoms with Gasteiger partial charge in [0.2, 0.25) is 0 Å². The molecule has 1 fully saturated rings. The van der Waals surface area contributed by atoms with E-state index in [2.05, 4.69) is 15.5 Å². The molecule has 8 heteroatoms. The number of hydrogen-bond acceptors (Lipinski definition) is 5. The summed E-state index contributed by atoms with van der Waals surface area (Å²) >= 11 is 0. The molecule has 2 atom stereocenters. The Balaban J connectivity index is 1.87. The number of sulfone groups is 1. The van der Waals surface area contributed by atoms with E-state index in [1.807, 2.05) is 13.0 Å². The number of H-pyrrole nitrogens is 1. The molecule has 2 N–H and O–H groups in total. The van der Waals surface area contributed by atoms with Gasteiger partial charge >= 0.3 is 0 Å². The van der Waals surface area contributed by atoms with Crippen molar-refractivity contribution in [2.24, 2.45) is 0 Å². The van der Waals surface area contributed by atoms with Crippen molar-refractivity contribution in [3.63, 3.8) is 0 Å². The monoisotopic (exact) mass is 363 g/mol. The van der Waals surface area contributed by atoms with Gasteiger partial charge in [-0.2, -0.15) is 5.10 Å². The molecule has 2 heterocycles. The maximum atomic E-state index is 12.8. The standard InChI is InChI=1S/C17H21N3O4S/c1-10-8-12(25(3,22)23)9-13(11(10)2)17(21)19-14-5-7-24-16(14)15-4-6-18-20-15/h4,6,8-9,14,16H,5,7H2,1-3H3,(H,18,20)(H,19,21)/t14-,16-/m0/s1. The Morgan fingerprint density at radius 3 is 2.76 bits per heavy atom. The molecule has 7 nitrogen and oxygen atoms in total. The third-order valence-corrected chi connectivity index (χ3v) is 5.64. The third-order valence-electron chi connectivity index (χ3n) is 4.55. The van der Waals surface area contributed by atoms with Gasteiger partial charge in [-0.3, -0.25) is 9.89 Å². The predicted octanol–water partition coefficient (Wildman–Crippen LogP) is 1.69. The van der Waals surface area contributed by atoms with Crippen molar-refractivity contribution >= 4 is 15.7 Å². The van der Waals surface area contributed by atoms with Crippen molar-refractivity contribution in [2.45, 2.75) is 37.3 Å². The summed E-state index contributed by atoms with van der Waals surface area (Å²) in [5.74, 6) is -0.300. The van der Waals surface area contributed by atoms with E-state index in [1.54, 1.807) is 19.2 Å².